The van der Waals surface area contributed by atoms with Crippen molar-refractivity contribution < 1.29 is 4.74 Å². The summed E-state index contributed by atoms with van der Waals surface area (Å²) in [5.41, 5.74) is 1.69. The second kappa shape index (κ2) is 6.40. The predicted octanol–water partition coefficient (Wildman–Crippen LogP) is 2.52. The van der Waals surface area contributed by atoms with Crippen molar-refractivity contribution in [1.29, 1.82) is 0 Å². The van der Waals surface area contributed by atoms with Gasteiger partial charge >= 0.3 is 0 Å². The Kier molecular flexibility index (Phi) is 4.83. The molecule has 0 aliphatic carbocycles. The van der Waals surface area contributed by atoms with Crippen LogP contribution in [0.4, 0.5) is 0 Å². The Bertz CT molecular complexity index is 399. The second-order valence-corrected chi connectivity index (χ2v) is 5.95. The Balaban J connectivity index is 1.96. The van der Waals surface area contributed by atoms with Gasteiger partial charge < -0.3 is 15.0 Å². The molecule has 1 unspecified atom stereocenters. The predicted molar refractivity (Wildman–Crippen MR) is 79.5 cm³/mol. The molecule has 19 heavy (non-hydrogen) atoms. The third-order valence-electron chi connectivity index (χ3n) is 3.82. The van der Waals surface area contributed by atoms with E-state index in [2.05, 4.69) is 42.4 Å². The van der Waals surface area contributed by atoms with Crippen LogP contribution in [0.2, 0.25) is 0 Å². The molecule has 1 aromatic rings. The van der Waals surface area contributed by atoms with Gasteiger partial charge in [-0.2, -0.15) is 0 Å². The van der Waals surface area contributed by atoms with E-state index in [4.69, 9.17) is 4.74 Å². The van der Waals surface area contributed by atoms with Gasteiger partial charge in [0.15, 0.2) is 0 Å². The van der Waals surface area contributed by atoms with Gasteiger partial charge in [0.25, 0.3) is 0 Å². The van der Waals surface area contributed by atoms with Crippen molar-refractivity contribution >= 4 is 0 Å². The largest absolute Gasteiger partial charge is 0.494 e. The van der Waals surface area contributed by atoms with E-state index < -0.39 is 0 Å². The van der Waals surface area contributed by atoms with E-state index in [1.54, 1.807) is 0 Å². The standard InChI is InChI=1S/C16H26N2O/c1-4-19-15-8-6-5-7-14(15)11-18(3)13-16(2)9-10-17-12-16/h5-8,17H,4,9-13H2,1-3H3. The highest BCUT2D eigenvalue weighted by Gasteiger charge is 2.29. The summed E-state index contributed by atoms with van der Waals surface area (Å²) >= 11 is 0. The lowest BCUT2D eigenvalue weighted by Gasteiger charge is -2.29. The molecule has 1 N–H and O–H groups in total. The van der Waals surface area contributed by atoms with E-state index in [0.29, 0.717) is 5.41 Å². The summed E-state index contributed by atoms with van der Waals surface area (Å²) in [6.07, 6.45) is 1.27. The van der Waals surface area contributed by atoms with Crippen LogP contribution in [0.5, 0.6) is 5.75 Å². The average Bonchev–Trinajstić information content (AvgIpc) is 2.78. The number of hydrogen-bond donors (Lipinski definition) is 1. The second-order valence-electron chi connectivity index (χ2n) is 5.95. The maximum atomic E-state index is 5.69. The molecule has 0 saturated carbocycles. The fraction of sp³-hybridized carbons (Fsp3) is 0.625. The van der Waals surface area contributed by atoms with Crippen molar-refractivity contribution in [3.8, 4) is 5.75 Å². The van der Waals surface area contributed by atoms with Crippen molar-refractivity contribution in [2.45, 2.75) is 26.8 Å². The van der Waals surface area contributed by atoms with Crippen molar-refractivity contribution in [3.63, 3.8) is 0 Å². The molecule has 1 atom stereocenters. The van der Waals surface area contributed by atoms with Gasteiger partial charge in [-0.05, 0) is 38.4 Å². The molecule has 1 aliphatic heterocycles. The highest BCUT2D eigenvalue weighted by molar-refractivity contribution is 5.33. The van der Waals surface area contributed by atoms with Gasteiger partial charge in [-0.15, -0.1) is 0 Å². The van der Waals surface area contributed by atoms with Crippen molar-refractivity contribution in [3.05, 3.63) is 29.8 Å². The minimum Gasteiger partial charge on any atom is -0.494 e. The first kappa shape index (κ1) is 14.4. The van der Waals surface area contributed by atoms with E-state index in [-0.39, 0.29) is 0 Å². The van der Waals surface area contributed by atoms with Gasteiger partial charge in [-0.25, -0.2) is 0 Å². The molecule has 1 fully saturated rings. The van der Waals surface area contributed by atoms with Gasteiger partial charge in [-0.1, -0.05) is 25.1 Å². The Morgan fingerprint density at radius 2 is 2.16 bits per heavy atom. The molecule has 1 heterocycles. The topological polar surface area (TPSA) is 24.5 Å². The minimum absolute atomic E-state index is 0.412. The van der Waals surface area contributed by atoms with Crippen LogP contribution in [0.25, 0.3) is 0 Å². The van der Waals surface area contributed by atoms with Crippen LogP contribution < -0.4 is 10.1 Å². The average molecular weight is 262 g/mol. The Labute approximate surface area is 116 Å². The molecule has 1 aliphatic rings. The fourth-order valence-corrected chi connectivity index (χ4v) is 2.93. The van der Waals surface area contributed by atoms with Gasteiger partial charge in [0.2, 0.25) is 0 Å². The normalized spacial score (nSPS) is 22.9. The lowest BCUT2D eigenvalue weighted by molar-refractivity contribution is 0.201. The third-order valence-corrected chi connectivity index (χ3v) is 3.82. The van der Waals surface area contributed by atoms with Gasteiger partial charge in [0, 0.05) is 25.2 Å². The number of rotatable bonds is 6. The lowest BCUT2D eigenvalue weighted by atomic mass is 9.89. The number of ether oxygens (including phenoxy) is 1. The Morgan fingerprint density at radius 3 is 2.84 bits per heavy atom. The molecule has 0 radical (unpaired) electrons. The zero-order valence-corrected chi connectivity index (χ0v) is 12.4. The number of benzene rings is 1. The van der Waals surface area contributed by atoms with Gasteiger partial charge in [0.05, 0.1) is 6.61 Å². The summed E-state index contributed by atoms with van der Waals surface area (Å²) in [5.74, 6) is 1.02. The van der Waals surface area contributed by atoms with E-state index in [0.717, 1.165) is 38.5 Å². The highest BCUT2D eigenvalue weighted by Crippen LogP contribution is 2.27. The first-order valence-electron chi connectivity index (χ1n) is 7.23. The summed E-state index contributed by atoms with van der Waals surface area (Å²) in [6, 6.07) is 8.35. The maximum absolute atomic E-state index is 5.69. The molecule has 3 nitrogen and oxygen atoms in total. The van der Waals surface area contributed by atoms with Crippen LogP contribution in [-0.4, -0.2) is 38.2 Å². The number of para-hydroxylation sites is 1. The van der Waals surface area contributed by atoms with Gasteiger partial charge in [0.1, 0.15) is 5.75 Å². The SMILES string of the molecule is CCOc1ccccc1CN(C)CC1(C)CCNC1. The summed E-state index contributed by atoms with van der Waals surface area (Å²) in [4.78, 5) is 2.41. The summed E-state index contributed by atoms with van der Waals surface area (Å²) in [6.45, 7) is 9.49. The molecule has 106 valence electrons. The van der Waals surface area contributed by atoms with Crippen LogP contribution in [0.3, 0.4) is 0 Å². The van der Waals surface area contributed by atoms with E-state index in [1.807, 2.05) is 13.0 Å². The quantitative estimate of drug-likeness (QED) is 0.852. The Morgan fingerprint density at radius 1 is 1.37 bits per heavy atom. The maximum Gasteiger partial charge on any atom is 0.123 e. The minimum atomic E-state index is 0.412. The molecular weight excluding hydrogens is 236 g/mol. The zero-order chi connectivity index (χ0) is 13.7. The third kappa shape index (κ3) is 3.95. The van der Waals surface area contributed by atoms with Crippen molar-refractivity contribution in [1.82, 2.24) is 10.2 Å². The number of nitrogens with one attached hydrogen (secondary N) is 1. The molecule has 0 aromatic heterocycles. The molecule has 1 saturated heterocycles. The molecule has 3 heteroatoms. The summed E-state index contributed by atoms with van der Waals surface area (Å²) < 4.78 is 5.69. The zero-order valence-electron chi connectivity index (χ0n) is 12.4. The summed E-state index contributed by atoms with van der Waals surface area (Å²) in [7, 11) is 2.20. The molecule has 2 rings (SSSR count). The van der Waals surface area contributed by atoms with Crippen LogP contribution >= 0.6 is 0 Å². The molecular formula is C16H26N2O. The smallest absolute Gasteiger partial charge is 0.123 e. The first-order chi connectivity index (χ1) is 9.13. The Hall–Kier alpha value is -1.06. The monoisotopic (exact) mass is 262 g/mol. The molecule has 1 aromatic carbocycles. The van der Waals surface area contributed by atoms with Crippen molar-refractivity contribution in [2.75, 3.05) is 33.3 Å². The fourth-order valence-electron chi connectivity index (χ4n) is 2.93. The van der Waals surface area contributed by atoms with Crippen LogP contribution in [0.1, 0.15) is 25.8 Å². The van der Waals surface area contributed by atoms with Crippen LogP contribution in [0.15, 0.2) is 24.3 Å². The number of hydrogen-bond acceptors (Lipinski definition) is 3. The van der Waals surface area contributed by atoms with Gasteiger partial charge in [-0.3, -0.25) is 0 Å². The van der Waals surface area contributed by atoms with Crippen molar-refractivity contribution in [2.24, 2.45) is 5.41 Å². The molecule has 0 amide bonds. The first-order valence-corrected chi connectivity index (χ1v) is 7.23. The van der Waals surface area contributed by atoms with Crippen LogP contribution in [0, 0.1) is 5.41 Å². The highest BCUT2D eigenvalue weighted by atomic mass is 16.5. The van der Waals surface area contributed by atoms with Crippen LogP contribution in [-0.2, 0) is 6.54 Å². The number of nitrogens with zero attached hydrogens (tertiary/aromatic N) is 1. The van der Waals surface area contributed by atoms with E-state index in [9.17, 15) is 0 Å². The summed E-state index contributed by atoms with van der Waals surface area (Å²) in [5, 5.41) is 3.46. The van der Waals surface area contributed by atoms with E-state index in [1.165, 1.54) is 12.0 Å². The lowest BCUT2D eigenvalue weighted by Crippen LogP contribution is -2.34. The molecule has 0 bridgehead atoms. The molecule has 0 spiro atoms. The van der Waals surface area contributed by atoms with E-state index >= 15 is 0 Å².